The van der Waals surface area contributed by atoms with Crippen molar-refractivity contribution in [2.45, 2.75) is 6.42 Å². The van der Waals surface area contributed by atoms with Gasteiger partial charge in [0.05, 0.1) is 15.8 Å². The molecular weight excluding hydrogens is 311 g/mol. The molecule has 0 unspecified atom stereocenters. The molecule has 0 heterocycles. The molecule has 8 heteroatoms. The number of nitro groups is 1. The first-order valence-electron chi connectivity index (χ1n) is 4.89. The summed E-state index contributed by atoms with van der Waals surface area (Å²) in [6.45, 7) is 0.0528. The molecule has 0 bridgehead atoms. The van der Waals surface area contributed by atoms with Crippen LogP contribution in [0.15, 0.2) is 16.6 Å². The highest BCUT2D eigenvalue weighted by atomic mass is 79.9. The number of aliphatic carboxylic acids is 1. The summed E-state index contributed by atoms with van der Waals surface area (Å²) in [6, 6.07) is 2.06. The third kappa shape index (κ3) is 3.39. The second-order valence-corrected chi connectivity index (χ2v) is 4.43. The van der Waals surface area contributed by atoms with E-state index in [1.165, 1.54) is 11.9 Å². The molecule has 0 aliphatic carbocycles. The normalized spacial score (nSPS) is 10.2. The van der Waals surface area contributed by atoms with E-state index in [-0.39, 0.29) is 28.8 Å². The standard InChI is InChI=1S/C10H10BrFN2O4/c1-13(3-2-10(15)16)8-5-7(12)6(11)4-9(8)14(17)18/h4-5H,2-3H2,1H3,(H,15,16). The highest BCUT2D eigenvalue weighted by molar-refractivity contribution is 9.10. The molecule has 0 aliphatic heterocycles. The maximum atomic E-state index is 13.4. The van der Waals surface area contributed by atoms with E-state index in [2.05, 4.69) is 15.9 Å². The smallest absolute Gasteiger partial charge is 0.305 e. The van der Waals surface area contributed by atoms with Gasteiger partial charge >= 0.3 is 5.97 Å². The summed E-state index contributed by atoms with van der Waals surface area (Å²) in [4.78, 5) is 22.0. The number of hydrogen-bond donors (Lipinski definition) is 1. The lowest BCUT2D eigenvalue weighted by Crippen LogP contribution is -2.22. The zero-order valence-electron chi connectivity index (χ0n) is 9.39. The van der Waals surface area contributed by atoms with Crippen molar-refractivity contribution in [3.05, 3.63) is 32.5 Å². The molecule has 6 nitrogen and oxygen atoms in total. The van der Waals surface area contributed by atoms with Crippen LogP contribution < -0.4 is 4.90 Å². The third-order valence-corrected chi connectivity index (χ3v) is 2.89. The highest BCUT2D eigenvalue weighted by Gasteiger charge is 2.20. The summed E-state index contributed by atoms with van der Waals surface area (Å²) in [5, 5.41) is 19.4. The number of hydrogen-bond acceptors (Lipinski definition) is 4. The second-order valence-electron chi connectivity index (χ2n) is 3.58. The monoisotopic (exact) mass is 320 g/mol. The predicted molar refractivity (Wildman–Crippen MR) is 66.3 cm³/mol. The zero-order valence-corrected chi connectivity index (χ0v) is 11.0. The van der Waals surface area contributed by atoms with Gasteiger partial charge in [-0.1, -0.05) is 0 Å². The van der Waals surface area contributed by atoms with Gasteiger partial charge in [0.2, 0.25) is 0 Å². The molecule has 0 atom stereocenters. The molecule has 0 aromatic heterocycles. The molecule has 0 spiro atoms. The fourth-order valence-corrected chi connectivity index (χ4v) is 1.69. The number of carbonyl (C=O) groups is 1. The van der Waals surface area contributed by atoms with Gasteiger partial charge in [-0.2, -0.15) is 0 Å². The van der Waals surface area contributed by atoms with Crippen molar-refractivity contribution in [3.8, 4) is 0 Å². The van der Waals surface area contributed by atoms with Crippen molar-refractivity contribution in [2.75, 3.05) is 18.5 Å². The van der Waals surface area contributed by atoms with E-state index in [1.54, 1.807) is 0 Å². The van der Waals surface area contributed by atoms with Crippen molar-refractivity contribution in [1.29, 1.82) is 0 Å². The number of carboxylic acids is 1. The molecule has 0 saturated carbocycles. The van der Waals surface area contributed by atoms with E-state index < -0.39 is 16.7 Å². The molecule has 0 amide bonds. The molecule has 1 N–H and O–H groups in total. The minimum Gasteiger partial charge on any atom is -0.481 e. The van der Waals surface area contributed by atoms with Gasteiger partial charge in [-0.3, -0.25) is 14.9 Å². The summed E-state index contributed by atoms with van der Waals surface area (Å²) in [5.41, 5.74) is -0.238. The van der Waals surface area contributed by atoms with Gasteiger partial charge in [-0.15, -0.1) is 0 Å². The molecule has 1 aromatic carbocycles. The lowest BCUT2D eigenvalue weighted by molar-refractivity contribution is -0.384. The maximum absolute atomic E-state index is 13.4. The van der Waals surface area contributed by atoms with Crippen LogP contribution in [-0.4, -0.2) is 29.6 Å². The Morgan fingerprint density at radius 3 is 2.72 bits per heavy atom. The van der Waals surface area contributed by atoms with Crippen LogP contribution in [0.4, 0.5) is 15.8 Å². The summed E-state index contributed by atoms with van der Waals surface area (Å²) in [7, 11) is 1.47. The van der Waals surface area contributed by atoms with Crippen molar-refractivity contribution < 1.29 is 19.2 Å². The van der Waals surface area contributed by atoms with Crippen molar-refractivity contribution in [2.24, 2.45) is 0 Å². The number of rotatable bonds is 5. The Morgan fingerprint density at radius 2 is 2.22 bits per heavy atom. The fourth-order valence-electron chi connectivity index (χ4n) is 1.36. The van der Waals surface area contributed by atoms with Crippen LogP contribution in [0.3, 0.4) is 0 Å². The van der Waals surface area contributed by atoms with Crippen LogP contribution in [-0.2, 0) is 4.79 Å². The van der Waals surface area contributed by atoms with Crippen LogP contribution in [0.1, 0.15) is 6.42 Å². The van der Waals surface area contributed by atoms with E-state index in [4.69, 9.17) is 5.11 Å². The third-order valence-electron chi connectivity index (χ3n) is 2.29. The number of nitro benzene ring substituents is 1. The van der Waals surface area contributed by atoms with E-state index >= 15 is 0 Å². The first-order valence-corrected chi connectivity index (χ1v) is 5.68. The SMILES string of the molecule is CN(CCC(=O)O)c1cc(F)c(Br)cc1[N+](=O)[O-]. The van der Waals surface area contributed by atoms with Crippen LogP contribution in [0.25, 0.3) is 0 Å². The molecule has 0 radical (unpaired) electrons. The molecule has 0 aliphatic rings. The summed E-state index contributed by atoms with van der Waals surface area (Å²) in [5.74, 6) is -1.67. The summed E-state index contributed by atoms with van der Waals surface area (Å²) in [6.07, 6.45) is -0.189. The van der Waals surface area contributed by atoms with Gasteiger partial charge in [0.1, 0.15) is 11.5 Å². The average Bonchev–Trinajstić information content (AvgIpc) is 2.28. The van der Waals surface area contributed by atoms with Gasteiger partial charge in [0, 0.05) is 25.7 Å². The Kier molecular flexibility index (Phi) is 4.60. The molecule has 1 aromatic rings. The highest BCUT2D eigenvalue weighted by Crippen LogP contribution is 2.32. The van der Waals surface area contributed by atoms with E-state index in [0.717, 1.165) is 12.1 Å². The largest absolute Gasteiger partial charge is 0.481 e. The summed E-state index contributed by atoms with van der Waals surface area (Å²) < 4.78 is 13.4. The Balaban J connectivity index is 3.09. The maximum Gasteiger partial charge on any atom is 0.305 e. The van der Waals surface area contributed by atoms with Crippen molar-refractivity contribution in [1.82, 2.24) is 0 Å². The number of nitrogens with zero attached hydrogens (tertiary/aromatic N) is 2. The van der Waals surface area contributed by atoms with Gasteiger partial charge in [-0.25, -0.2) is 4.39 Å². The van der Waals surface area contributed by atoms with Gasteiger partial charge < -0.3 is 10.0 Å². The minimum absolute atomic E-state index is 0.00964. The first kappa shape index (κ1) is 14.4. The Morgan fingerprint density at radius 1 is 1.61 bits per heavy atom. The van der Waals surface area contributed by atoms with E-state index in [0.29, 0.717) is 0 Å². The lowest BCUT2D eigenvalue weighted by atomic mass is 10.2. The number of halogens is 2. The molecule has 1 rings (SSSR count). The van der Waals surface area contributed by atoms with Gasteiger partial charge in [-0.05, 0) is 15.9 Å². The first-order chi connectivity index (χ1) is 8.32. The number of carboxylic acid groups (broad SMARTS) is 1. The van der Waals surface area contributed by atoms with E-state index in [9.17, 15) is 19.3 Å². The lowest BCUT2D eigenvalue weighted by Gasteiger charge is -2.18. The van der Waals surface area contributed by atoms with Crippen LogP contribution in [0.2, 0.25) is 0 Å². The van der Waals surface area contributed by atoms with Crippen LogP contribution in [0, 0.1) is 15.9 Å². The number of benzene rings is 1. The average molecular weight is 321 g/mol. The molecule has 98 valence electrons. The Hall–Kier alpha value is -1.70. The Bertz CT molecular complexity index is 495. The molecule has 0 fully saturated rings. The molecule has 18 heavy (non-hydrogen) atoms. The van der Waals surface area contributed by atoms with Crippen LogP contribution in [0.5, 0.6) is 0 Å². The quantitative estimate of drug-likeness (QED) is 0.665. The van der Waals surface area contributed by atoms with Crippen molar-refractivity contribution in [3.63, 3.8) is 0 Å². The predicted octanol–water partition coefficient (Wildman–Crippen LogP) is 2.41. The van der Waals surface area contributed by atoms with Crippen molar-refractivity contribution >= 4 is 33.3 Å². The molecular formula is C10H10BrFN2O4. The van der Waals surface area contributed by atoms with E-state index in [1.807, 2.05) is 0 Å². The summed E-state index contributed by atoms with van der Waals surface area (Å²) >= 11 is 2.87. The Labute approximate surface area is 110 Å². The fraction of sp³-hybridized carbons (Fsp3) is 0.300. The van der Waals surface area contributed by atoms with Gasteiger partial charge in [0.25, 0.3) is 5.69 Å². The second kappa shape index (κ2) is 5.76. The topological polar surface area (TPSA) is 83.7 Å². The minimum atomic E-state index is -1.03. The van der Waals surface area contributed by atoms with Gasteiger partial charge in [0.15, 0.2) is 0 Å². The molecule has 0 saturated heterocycles. The zero-order chi connectivity index (χ0) is 13.9. The van der Waals surface area contributed by atoms with Crippen LogP contribution >= 0.6 is 15.9 Å². The number of anilines is 1.